The van der Waals surface area contributed by atoms with Crippen LogP contribution in [0.25, 0.3) is 0 Å². The number of aryl methyl sites for hydroxylation is 1. The minimum absolute atomic E-state index is 0.139. The number of anilines is 1. The van der Waals surface area contributed by atoms with E-state index in [2.05, 4.69) is 26.3 Å². The SMILES string of the molecule is Cn1ncc(I)c1C(=O)Nc1ccc(Br)cc1F. The zero-order valence-electron chi connectivity index (χ0n) is 9.25. The van der Waals surface area contributed by atoms with Gasteiger partial charge in [-0.2, -0.15) is 5.10 Å². The zero-order valence-corrected chi connectivity index (χ0v) is 13.0. The molecule has 0 aliphatic carbocycles. The van der Waals surface area contributed by atoms with Crippen LogP contribution in [-0.4, -0.2) is 15.7 Å². The molecule has 0 aliphatic rings. The van der Waals surface area contributed by atoms with E-state index in [0.717, 1.165) is 0 Å². The molecule has 0 bridgehead atoms. The number of amides is 1. The van der Waals surface area contributed by atoms with Gasteiger partial charge in [-0.1, -0.05) is 15.9 Å². The first-order valence-corrected chi connectivity index (χ1v) is 6.80. The third-order valence-electron chi connectivity index (χ3n) is 2.29. The van der Waals surface area contributed by atoms with Gasteiger partial charge < -0.3 is 5.32 Å². The first-order valence-electron chi connectivity index (χ1n) is 4.93. The third-order valence-corrected chi connectivity index (χ3v) is 3.57. The Bertz CT molecular complexity index is 595. The summed E-state index contributed by atoms with van der Waals surface area (Å²) in [4.78, 5) is 12.0. The Morgan fingerprint density at radius 2 is 2.28 bits per heavy atom. The first kappa shape index (κ1) is 13.5. The molecule has 1 N–H and O–H groups in total. The van der Waals surface area contributed by atoms with Crippen LogP contribution < -0.4 is 5.32 Å². The summed E-state index contributed by atoms with van der Waals surface area (Å²) in [6, 6.07) is 4.46. The summed E-state index contributed by atoms with van der Waals surface area (Å²) in [7, 11) is 1.66. The standard InChI is InChI=1S/C11H8BrFIN3O/c1-17-10(8(14)5-15-17)11(18)16-9-3-2-6(12)4-7(9)13/h2-5H,1H3,(H,16,18). The summed E-state index contributed by atoms with van der Waals surface area (Å²) >= 11 is 5.16. The first-order chi connectivity index (χ1) is 8.49. The largest absolute Gasteiger partial charge is 0.318 e. The Balaban J connectivity index is 2.27. The third kappa shape index (κ3) is 2.72. The van der Waals surface area contributed by atoms with Gasteiger partial charge in [0.15, 0.2) is 0 Å². The van der Waals surface area contributed by atoms with Gasteiger partial charge in [0.1, 0.15) is 11.5 Å². The number of nitrogens with zero attached hydrogens (tertiary/aromatic N) is 2. The van der Waals surface area contributed by atoms with Crippen molar-refractivity contribution in [2.45, 2.75) is 0 Å². The van der Waals surface area contributed by atoms with Crippen molar-refractivity contribution >= 4 is 50.1 Å². The van der Waals surface area contributed by atoms with Crippen molar-refractivity contribution in [3.63, 3.8) is 0 Å². The molecular formula is C11H8BrFIN3O. The van der Waals surface area contributed by atoms with Gasteiger partial charge in [0, 0.05) is 11.5 Å². The summed E-state index contributed by atoms with van der Waals surface area (Å²) in [6.45, 7) is 0. The Labute approximate surface area is 125 Å². The monoisotopic (exact) mass is 423 g/mol. The number of benzene rings is 1. The van der Waals surface area contributed by atoms with Gasteiger partial charge >= 0.3 is 0 Å². The van der Waals surface area contributed by atoms with Crippen molar-refractivity contribution in [2.24, 2.45) is 7.05 Å². The van der Waals surface area contributed by atoms with Crippen LogP contribution in [0.15, 0.2) is 28.9 Å². The Hall–Kier alpha value is -0.960. The van der Waals surface area contributed by atoms with E-state index in [4.69, 9.17) is 0 Å². The van der Waals surface area contributed by atoms with Crippen LogP contribution in [0, 0.1) is 9.39 Å². The molecule has 0 radical (unpaired) electrons. The molecule has 1 aromatic heterocycles. The maximum atomic E-state index is 13.6. The van der Waals surface area contributed by atoms with Gasteiger partial charge in [-0.15, -0.1) is 0 Å². The van der Waals surface area contributed by atoms with Crippen molar-refractivity contribution in [3.8, 4) is 0 Å². The molecule has 0 aliphatic heterocycles. The molecule has 0 saturated carbocycles. The molecule has 1 aromatic carbocycles. The fraction of sp³-hybridized carbons (Fsp3) is 0.0909. The van der Waals surface area contributed by atoms with Crippen LogP contribution >= 0.6 is 38.5 Å². The van der Waals surface area contributed by atoms with Crippen molar-refractivity contribution < 1.29 is 9.18 Å². The van der Waals surface area contributed by atoms with Crippen LogP contribution in [0.5, 0.6) is 0 Å². The van der Waals surface area contributed by atoms with E-state index in [9.17, 15) is 9.18 Å². The lowest BCUT2D eigenvalue weighted by molar-refractivity contribution is 0.101. The Morgan fingerprint density at radius 3 is 2.83 bits per heavy atom. The summed E-state index contributed by atoms with van der Waals surface area (Å²) in [5, 5.41) is 6.48. The zero-order chi connectivity index (χ0) is 13.3. The number of hydrogen-bond acceptors (Lipinski definition) is 2. The second-order valence-electron chi connectivity index (χ2n) is 3.54. The smallest absolute Gasteiger partial charge is 0.275 e. The van der Waals surface area contributed by atoms with Crippen molar-refractivity contribution in [3.05, 3.63) is 43.9 Å². The summed E-state index contributed by atoms with van der Waals surface area (Å²) in [6.07, 6.45) is 1.58. The molecule has 0 unspecified atom stereocenters. The van der Waals surface area contributed by atoms with E-state index in [1.54, 1.807) is 19.3 Å². The molecule has 7 heteroatoms. The van der Waals surface area contributed by atoms with Gasteiger partial charge in [-0.25, -0.2) is 4.39 Å². The highest BCUT2D eigenvalue weighted by molar-refractivity contribution is 14.1. The lowest BCUT2D eigenvalue weighted by Crippen LogP contribution is -2.18. The highest BCUT2D eigenvalue weighted by atomic mass is 127. The van der Waals surface area contributed by atoms with Gasteiger partial charge in [-0.3, -0.25) is 9.48 Å². The molecule has 0 atom stereocenters. The molecule has 94 valence electrons. The van der Waals surface area contributed by atoms with Crippen LogP contribution in [0.2, 0.25) is 0 Å². The van der Waals surface area contributed by atoms with E-state index in [1.807, 2.05) is 22.6 Å². The van der Waals surface area contributed by atoms with Crippen LogP contribution in [0.4, 0.5) is 10.1 Å². The van der Waals surface area contributed by atoms with E-state index in [1.165, 1.54) is 16.8 Å². The predicted octanol–water partition coefficient (Wildman–Crippen LogP) is 3.18. The lowest BCUT2D eigenvalue weighted by atomic mass is 10.3. The average molecular weight is 424 g/mol. The second-order valence-corrected chi connectivity index (χ2v) is 5.62. The maximum absolute atomic E-state index is 13.6. The molecule has 1 amide bonds. The normalized spacial score (nSPS) is 10.4. The van der Waals surface area contributed by atoms with Crippen LogP contribution in [-0.2, 0) is 7.05 Å². The fourth-order valence-corrected chi connectivity index (χ4v) is 2.49. The number of nitrogens with one attached hydrogen (secondary N) is 1. The minimum Gasteiger partial charge on any atom is -0.318 e. The van der Waals surface area contributed by atoms with Gasteiger partial charge in [0.2, 0.25) is 0 Å². The number of carbonyl (C=O) groups excluding carboxylic acids is 1. The number of rotatable bonds is 2. The maximum Gasteiger partial charge on any atom is 0.275 e. The highest BCUT2D eigenvalue weighted by Crippen LogP contribution is 2.20. The molecule has 4 nitrogen and oxygen atoms in total. The minimum atomic E-state index is -0.491. The van der Waals surface area contributed by atoms with Crippen molar-refractivity contribution in [1.29, 1.82) is 0 Å². The summed E-state index contributed by atoms with van der Waals surface area (Å²) < 4.78 is 16.4. The number of halogens is 3. The average Bonchev–Trinajstić information content (AvgIpc) is 2.62. The second kappa shape index (κ2) is 5.35. The summed E-state index contributed by atoms with van der Waals surface area (Å²) in [5.41, 5.74) is 0.540. The Kier molecular flexibility index (Phi) is 4.00. The van der Waals surface area contributed by atoms with E-state index in [0.29, 0.717) is 13.7 Å². The molecule has 0 fully saturated rings. The van der Waals surface area contributed by atoms with Crippen molar-refractivity contribution in [2.75, 3.05) is 5.32 Å². The molecule has 0 saturated heterocycles. The molecule has 18 heavy (non-hydrogen) atoms. The molecule has 1 heterocycles. The number of aromatic nitrogens is 2. The lowest BCUT2D eigenvalue weighted by Gasteiger charge is -2.07. The quantitative estimate of drug-likeness (QED) is 0.754. The Morgan fingerprint density at radius 1 is 1.56 bits per heavy atom. The van der Waals surface area contributed by atoms with Crippen LogP contribution in [0.1, 0.15) is 10.5 Å². The topological polar surface area (TPSA) is 46.9 Å². The molecule has 2 aromatic rings. The molecule has 2 rings (SSSR count). The number of hydrogen-bond donors (Lipinski definition) is 1. The number of carbonyl (C=O) groups is 1. The van der Waals surface area contributed by atoms with E-state index in [-0.39, 0.29) is 11.6 Å². The summed E-state index contributed by atoms with van der Waals surface area (Å²) in [5.74, 6) is -0.879. The van der Waals surface area contributed by atoms with Gasteiger partial charge in [0.25, 0.3) is 5.91 Å². The van der Waals surface area contributed by atoms with E-state index >= 15 is 0 Å². The molecular weight excluding hydrogens is 416 g/mol. The van der Waals surface area contributed by atoms with Crippen LogP contribution in [0.3, 0.4) is 0 Å². The fourth-order valence-electron chi connectivity index (χ4n) is 1.44. The van der Waals surface area contributed by atoms with E-state index < -0.39 is 5.82 Å². The van der Waals surface area contributed by atoms with Crippen molar-refractivity contribution in [1.82, 2.24) is 9.78 Å². The highest BCUT2D eigenvalue weighted by Gasteiger charge is 2.16. The molecule has 0 spiro atoms. The van der Waals surface area contributed by atoms with Gasteiger partial charge in [-0.05, 0) is 40.8 Å². The predicted molar refractivity (Wildman–Crippen MR) is 78.0 cm³/mol. The van der Waals surface area contributed by atoms with Gasteiger partial charge in [0.05, 0.1) is 15.5 Å².